The van der Waals surface area contributed by atoms with Gasteiger partial charge in [0.25, 0.3) is 0 Å². The van der Waals surface area contributed by atoms with Crippen LogP contribution in [0, 0.1) is 17.8 Å². The zero-order valence-corrected chi connectivity index (χ0v) is 53.2. The number of fused-ring (bicyclic) bond motifs is 2. The Bertz CT molecular complexity index is 2520. The fraction of sp³-hybridized carbons (Fsp3) is 0.692. The summed E-state index contributed by atoms with van der Waals surface area (Å²) in [5.41, 5.74) is 6.27. The number of rotatable bonds is 13. The van der Waals surface area contributed by atoms with Crippen LogP contribution in [0.25, 0.3) is 0 Å². The molecule has 5 amide bonds. The third kappa shape index (κ3) is 25.4. The Labute approximate surface area is 533 Å². The predicted octanol–water partition coefficient (Wildman–Crippen LogP) is 0.0234. The maximum absolute atomic E-state index is 14.2. The number of hydrogen-bond donors (Lipinski definition) is 13. The van der Waals surface area contributed by atoms with Crippen molar-refractivity contribution in [3.8, 4) is 0 Å². The smallest absolute Gasteiger partial charge is 0.308 e. The van der Waals surface area contributed by atoms with Crippen molar-refractivity contribution >= 4 is 35.5 Å². The highest BCUT2D eigenvalue weighted by atomic mass is 16.7. The summed E-state index contributed by atoms with van der Waals surface area (Å²) in [5, 5.41) is 108. The van der Waals surface area contributed by atoms with Gasteiger partial charge in [-0.1, -0.05) is 98.9 Å². The van der Waals surface area contributed by atoms with Gasteiger partial charge in [-0.15, -0.1) is 0 Å². The molecule has 0 saturated carbocycles. The van der Waals surface area contributed by atoms with E-state index in [9.17, 15) is 74.7 Å². The fourth-order valence-electron chi connectivity index (χ4n) is 12.0. The first-order valence-corrected chi connectivity index (χ1v) is 32.0. The highest BCUT2D eigenvalue weighted by molar-refractivity contribution is 5.93. The lowest BCUT2D eigenvalue weighted by Crippen LogP contribution is -2.58. The van der Waals surface area contributed by atoms with E-state index >= 15 is 0 Å². The molecule has 5 aliphatic heterocycles. The number of hydrogen-bond acceptors (Lipinski definition) is 21. The first-order chi connectivity index (χ1) is 43.3. The van der Waals surface area contributed by atoms with Gasteiger partial charge < -0.3 is 101 Å². The van der Waals surface area contributed by atoms with Gasteiger partial charge in [-0.05, 0) is 58.8 Å². The van der Waals surface area contributed by atoms with E-state index in [4.69, 9.17) is 29.4 Å². The maximum atomic E-state index is 14.2. The zero-order chi connectivity index (χ0) is 66.8. The number of carbonyl (C=O) groups excluding carboxylic acids is 6. The SMILES string of the molecule is CC(=O)N1CCCC1C(=O)NCC(=O)N1CCCC1C(=O)NCCOCCNC(=O)C1C(O)CC2(O)CC(O)CC(O)C(O)CCC(O)CC(O)CC(=O)OC(C)C(C)C(O)C(C)C=CC=CC=CC=CC=CC=CC=CC(OC3CC(N)C(O)C(C)O3)CC1O2. The lowest BCUT2D eigenvalue weighted by atomic mass is 9.82. The van der Waals surface area contributed by atoms with Crippen LogP contribution in [0.2, 0.25) is 0 Å². The van der Waals surface area contributed by atoms with Crippen molar-refractivity contribution in [2.75, 3.05) is 45.9 Å². The second-order valence-corrected chi connectivity index (χ2v) is 24.6. The van der Waals surface area contributed by atoms with Crippen molar-refractivity contribution in [2.24, 2.45) is 23.5 Å². The molecular weight excluding hydrogens is 1180 g/mol. The molecule has 5 rings (SSSR count). The van der Waals surface area contributed by atoms with Crippen molar-refractivity contribution in [1.82, 2.24) is 25.8 Å². The average Bonchev–Trinajstić information content (AvgIpc) is 1.50. The standard InChI is InChI=1S/C65H102N6O20/c1-40-20-16-14-12-10-8-6-7-9-11-13-15-17-21-48(90-58-36-49(66)61(82)43(4)89-58)35-55-59(64(85)68-27-31-87-30-26-67-62(83)51-23-19-29-71(51)56(79)39-69-63(84)50-22-18-28-70(50)44(5)72)54(78)38-65(86,91-55)37-47(75)33-53(77)52(76)25-24-45(73)32-46(74)34-57(80)88-42(3)41(2)60(40)81/h6-17,20-21,40-43,45-55,58-61,73-78,81-82,86H,18-19,22-39,66H2,1-5H3,(H,67,83)(H,68,85)(H,69,84). The second-order valence-electron chi connectivity index (χ2n) is 24.6. The van der Waals surface area contributed by atoms with E-state index in [1.54, 1.807) is 69.4 Å². The van der Waals surface area contributed by atoms with E-state index in [0.717, 1.165) is 0 Å². The van der Waals surface area contributed by atoms with Gasteiger partial charge in [0.05, 0.1) is 99.2 Å². The van der Waals surface area contributed by atoms with Crippen LogP contribution in [-0.2, 0) is 52.5 Å². The van der Waals surface area contributed by atoms with Gasteiger partial charge in [0, 0.05) is 83.1 Å². The van der Waals surface area contributed by atoms with E-state index < -0.39 is 171 Å². The molecule has 2 bridgehead atoms. The number of esters is 1. The predicted molar refractivity (Wildman–Crippen MR) is 333 cm³/mol. The van der Waals surface area contributed by atoms with Gasteiger partial charge in [0.2, 0.25) is 29.5 Å². The Morgan fingerprint density at radius 2 is 1.20 bits per heavy atom. The summed E-state index contributed by atoms with van der Waals surface area (Å²) in [6.07, 6.45) is 8.90. The van der Waals surface area contributed by atoms with Crippen molar-refractivity contribution in [2.45, 2.75) is 222 Å². The summed E-state index contributed by atoms with van der Waals surface area (Å²) in [6, 6.07) is -2.12. The van der Waals surface area contributed by atoms with Crippen molar-refractivity contribution in [3.63, 3.8) is 0 Å². The zero-order valence-electron chi connectivity index (χ0n) is 53.2. The quantitative estimate of drug-likeness (QED) is 0.0854. The molecule has 26 heteroatoms. The minimum Gasteiger partial charge on any atom is -0.462 e. The Hall–Kier alpha value is -5.56. The number of ether oxygens (including phenoxy) is 5. The summed E-state index contributed by atoms with van der Waals surface area (Å²) in [6.45, 7) is 8.68. The second kappa shape index (κ2) is 38.6. The molecule has 4 fully saturated rings. The average molecular weight is 1290 g/mol. The van der Waals surface area contributed by atoms with Gasteiger partial charge in [-0.2, -0.15) is 0 Å². The number of aliphatic hydroxyl groups is 9. The lowest BCUT2D eigenvalue weighted by molar-refractivity contribution is -0.302. The Balaban J connectivity index is 1.26. The number of nitrogens with one attached hydrogen (secondary N) is 3. The van der Waals surface area contributed by atoms with E-state index in [1.807, 2.05) is 43.4 Å². The van der Waals surface area contributed by atoms with E-state index in [2.05, 4.69) is 16.0 Å². The number of aliphatic hydroxyl groups excluding tert-OH is 8. The largest absolute Gasteiger partial charge is 0.462 e. The van der Waals surface area contributed by atoms with Crippen LogP contribution < -0.4 is 21.7 Å². The van der Waals surface area contributed by atoms with Crippen molar-refractivity contribution < 1.29 is 98.4 Å². The van der Waals surface area contributed by atoms with Gasteiger partial charge in [-0.3, -0.25) is 28.8 Å². The van der Waals surface area contributed by atoms with E-state index in [0.29, 0.717) is 38.8 Å². The molecule has 0 aromatic rings. The maximum Gasteiger partial charge on any atom is 0.308 e. The lowest BCUT2D eigenvalue weighted by Gasteiger charge is -2.45. The van der Waals surface area contributed by atoms with Crippen LogP contribution in [0.3, 0.4) is 0 Å². The minimum absolute atomic E-state index is 0.0193. The first-order valence-electron chi connectivity index (χ1n) is 32.0. The number of nitrogens with two attached hydrogens (primary N) is 1. The molecular formula is C65H102N6O20. The number of cyclic esters (lactones) is 1. The number of carbonyl (C=O) groups is 6. The highest BCUT2D eigenvalue weighted by Crippen LogP contribution is 2.38. The van der Waals surface area contributed by atoms with Crippen LogP contribution in [0.15, 0.2) is 85.1 Å². The molecule has 0 radical (unpaired) electrons. The van der Waals surface area contributed by atoms with Crippen LogP contribution in [0.5, 0.6) is 0 Å². The molecule has 0 spiro atoms. The number of nitrogens with zero attached hydrogens (tertiary/aromatic N) is 2. The molecule has 4 saturated heterocycles. The molecule has 512 valence electrons. The first kappa shape index (κ1) is 76.2. The molecule has 5 aliphatic rings. The fourth-order valence-corrected chi connectivity index (χ4v) is 12.0. The molecule has 91 heavy (non-hydrogen) atoms. The number of likely N-dealkylation sites (tertiary alicyclic amines) is 2. The van der Waals surface area contributed by atoms with Crippen molar-refractivity contribution in [3.05, 3.63) is 85.1 Å². The Kier molecular flexibility index (Phi) is 32.3. The molecule has 20 atom stereocenters. The summed E-state index contributed by atoms with van der Waals surface area (Å²) < 4.78 is 29.9. The molecule has 14 N–H and O–H groups in total. The molecule has 5 heterocycles. The Morgan fingerprint density at radius 1 is 0.626 bits per heavy atom. The normalized spacial score (nSPS) is 35.8. The van der Waals surface area contributed by atoms with Crippen LogP contribution in [0.1, 0.15) is 118 Å². The van der Waals surface area contributed by atoms with Crippen molar-refractivity contribution in [1.29, 1.82) is 0 Å². The molecule has 20 unspecified atom stereocenters. The molecule has 0 aliphatic carbocycles. The number of amides is 5. The van der Waals surface area contributed by atoms with Gasteiger partial charge >= 0.3 is 5.97 Å². The summed E-state index contributed by atoms with van der Waals surface area (Å²) >= 11 is 0. The van der Waals surface area contributed by atoms with Gasteiger partial charge in [0.15, 0.2) is 12.1 Å². The van der Waals surface area contributed by atoms with Crippen LogP contribution in [-0.4, -0.2) is 241 Å². The minimum atomic E-state index is -2.32. The Morgan fingerprint density at radius 3 is 1.81 bits per heavy atom. The third-order valence-electron chi connectivity index (χ3n) is 17.3. The molecule has 0 aromatic heterocycles. The van der Waals surface area contributed by atoms with Crippen LogP contribution >= 0.6 is 0 Å². The number of allylic oxidation sites excluding steroid dienone is 12. The van der Waals surface area contributed by atoms with Gasteiger partial charge in [-0.25, -0.2) is 0 Å². The van der Waals surface area contributed by atoms with E-state index in [-0.39, 0.29) is 76.8 Å². The topological polar surface area (TPSA) is 399 Å². The van der Waals surface area contributed by atoms with Gasteiger partial charge in [0.1, 0.15) is 18.2 Å². The summed E-state index contributed by atoms with van der Waals surface area (Å²) in [7, 11) is 0. The summed E-state index contributed by atoms with van der Waals surface area (Å²) in [5.74, 6) is -7.35. The molecule has 0 aromatic carbocycles. The van der Waals surface area contributed by atoms with Crippen LogP contribution in [0.4, 0.5) is 0 Å². The monoisotopic (exact) mass is 1290 g/mol. The summed E-state index contributed by atoms with van der Waals surface area (Å²) in [4.78, 5) is 81.0. The molecule has 26 nitrogen and oxygen atoms in total. The highest BCUT2D eigenvalue weighted by Gasteiger charge is 2.50. The van der Waals surface area contributed by atoms with E-state index in [1.165, 1.54) is 16.7 Å². The third-order valence-corrected chi connectivity index (χ3v) is 17.3.